The van der Waals surface area contributed by atoms with Crippen molar-refractivity contribution in [1.82, 2.24) is 9.47 Å². The van der Waals surface area contributed by atoms with Crippen molar-refractivity contribution in [1.29, 1.82) is 0 Å². The lowest BCUT2D eigenvalue weighted by molar-refractivity contribution is -0.136. The van der Waals surface area contributed by atoms with Crippen molar-refractivity contribution in [2.24, 2.45) is 0 Å². The molecule has 6 heteroatoms. The monoisotopic (exact) mass is 459 g/mol. The van der Waals surface area contributed by atoms with Gasteiger partial charge in [-0.2, -0.15) is 0 Å². The van der Waals surface area contributed by atoms with Crippen molar-refractivity contribution in [2.45, 2.75) is 70.4 Å². The Hall–Kier alpha value is -3.28. The zero-order chi connectivity index (χ0) is 23.5. The Bertz CT molecular complexity index is 1130. The van der Waals surface area contributed by atoms with Gasteiger partial charge in [-0.1, -0.05) is 44.7 Å². The summed E-state index contributed by atoms with van der Waals surface area (Å²) in [5.74, 6) is 0.742. The Labute approximate surface area is 201 Å². The van der Waals surface area contributed by atoms with Crippen LogP contribution in [0.1, 0.15) is 75.8 Å². The average Bonchev–Trinajstić information content (AvgIpc) is 3.32. The first-order valence-corrected chi connectivity index (χ1v) is 12.6. The largest absolute Gasteiger partial charge is 0.467 e. The molecule has 0 bridgehead atoms. The van der Waals surface area contributed by atoms with Crippen LogP contribution in [0.4, 0.5) is 5.69 Å². The summed E-state index contributed by atoms with van der Waals surface area (Å²) < 4.78 is 7.92. The molecule has 0 spiro atoms. The highest BCUT2D eigenvalue weighted by molar-refractivity contribution is 6.00. The number of carbonyl (C=O) groups is 2. The molecular weight excluding hydrogens is 426 g/mol. The zero-order valence-corrected chi connectivity index (χ0v) is 19.9. The highest BCUT2D eigenvalue weighted by atomic mass is 16.3. The maximum atomic E-state index is 13.9. The Morgan fingerprint density at radius 2 is 1.76 bits per heavy atom. The third-order valence-electron chi connectivity index (χ3n) is 6.91. The van der Waals surface area contributed by atoms with E-state index in [9.17, 15) is 9.59 Å². The number of furan rings is 1. The van der Waals surface area contributed by atoms with Crippen molar-refractivity contribution >= 4 is 17.5 Å². The van der Waals surface area contributed by atoms with Gasteiger partial charge in [-0.25, -0.2) is 0 Å². The summed E-state index contributed by atoms with van der Waals surface area (Å²) >= 11 is 0. The van der Waals surface area contributed by atoms with E-state index in [4.69, 9.17) is 4.42 Å². The molecule has 0 radical (unpaired) electrons. The van der Waals surface area contributed by atoms with E-state index in [2.05, 4.69) is 11.5 Å². The van der Waals surface area contributed by atoms with Gasteiger partial charge in [0, 0.05) is 18.7 Å². The van der Waals surface area contributed by atoms with Crippen LogP contribution >= 0.6 is 0 Å². The summed E-state index contributed by atoms with van der Waals surface area (Å²) in [5.41, 5.74) is 2.77. The molecule has 3 heterocycles. The third kappa shape index (κ3) is 4.41. The van der Waals surface area contributed by atoms with Gasteiger partial charge < -0.3 is 13.9 Å². The van der Waals surface area contributed by atoms with E-state index in [1.165, 1.54) is 19.3 Å². The summed E-state index contributed by atoms with van der Waals surface area (Å²) in [5, 5.41) is 0. The molecule has 2 aromatic heterocycles. The Balaban J connectivity index is 1.40. The molecule has 6 nitrogen and oxygen atoms in total. The van der Waals surface area contributed by atoms with Crippen LogP contribution in [0.5, 0.6) is 0 Å². The molecule has 2 amide bonds. The molecule has 1 fully saturated rings. The highest BCUT2D eigenvalue weighted by Crippen LogP contribution is 2.42. The van der Waals surface area contributed by atoms with Crippen LogP contribution in [0.2, 0.25) is 0 Å². The van der Waals surface area contributed by atoms with Crippen LogP contribution < -0.4 is 4.90 Å². The quantitative estimate of drug-likeness (QED) is 0.357. The summed E-state index contributed by atoms with van der Waals surface area (Å²) in [6.45, 7) is 2.29. The van der Waals surface area contributed by atoms with Crippen LogP contribution in [-0.2, 0) is 9.59 Å². The molecule has 34 heavy (non-hydrogen) atoms. The SMILES string of the molecule is CCCCCCCC(=O)N(CC(=O)N1c2ccccc2-n2cccc2C1c1ccco1)C1CC1. The second kappa shape index (κ2) is 9.92. The number of nitrogens with zero attached hydrogens (tertiary/aromatic N) is 3. The summed E-state index contributed by atoms with van der Waals surface area (Å²) in [6, 6.07) is 15.5. The van der Waals surface area contributed by atoms with Gasteiger partial charge in [-0.15, -0.1) is 0 Å². The van der Waals surface area contributed by atoms with Crippen LogP contribution in [0, 0.1) is 0 Å². The topological polar surface area (TPSA) is 58.7 Å². The van der Waals surface area contributed by atoms with E-state index < -0.39 is 0 Å². The minimum absolute atomic E-state index is 0.0764. The van der Waals surface area contributed by atoms with Gasteiger partial charge in [0.15, 0.2) is 0 Å². The molecule has 5 rings (SSSR count). The van der Waals surface area contributed by atoms with E-state index in [1.807, 2.05) is 64.5 Å². The molecule has 0 saturated heterocycles. The fourth-order valence-corrected chi connectivity index (χ4v) is 5.03. The van der Waals surface area contributed by atoms with Crippen LogP contribution in [0.3, 0.4) is 0 Å². The van der Waals surface area contributed by atoms with Gasteiger partial charge >= 0.3 is 0 Å². The fraction of sp³-hybridized carbons (Fsp3) is 0.429. The van der Waals surface area contributed by atoms with Crippen LogP contribution in [0.15, 0.2) is 65.4 Å². The number of hydrogen-bond acceptors (Lipinski definition) is 3. The summed E-state index contributed by atoms with van der Waals surface area (Å²) in [7, 11) is 0. The maximum Gasteiger partial charge on any atom is 0.247 e. The molecule has 1 aromatic carbocycles. The van der Waals surface area contributed by atoms with Crippen molar-refractivity contribution in [3.05, 3.63) is 72.4 Å². The van der Waals surface area contributed by atoms with Gasteiger partial charge in [0.25, 0.3) is 0 Å². The fourth-order valence-electron chi connectivity index (χ4n) is 5.03. The number of anilines is 1. The third-order valence-corrected chi connectivity index (χ3v) is 6.91. The van der Waals surface area contributed by atoms with Crippen molar-refractivity contribution in [2.75, 3.05) is 11.4 Å². The molecular formula is C28H33N3O3. The lowest BCUT2D eigenvalue weighted by atomic mass is 10.0. The molecule has 1 aliphatic carbocycles. The van der Waals surface area contributed by atoms with E-state index in [1.54, 1.807) is 6.26 Å². The molecule has 0 N–H and O–H groups in total. The smallest absolute Gasteiger partial charge is 0.247 e. The number of amides is 2. The number of fused-ring (bicyclic) bond motifs is 3. The first-order chi connectivity index (χ1) is 16.7. The van der Waals surface area contributed by atoms with Gasteiger partial charge in [0.2, 0.25) is 11.8 Å². The molecule has 1 unspecified atom stereocenters. The first-order valence-electron chi connectivity index (χ1n) is 12.6. The molecule has 178 valence electrons. The molecule has 1 aliphatic heterocycles. The number of rotatable bonds is 10. The minimum atomic E-state index is -0.377. The molecule has 3 aromatic rings. The number of carbonyl (C=O) groups excluding carboxylic acids is 2. The minimum Gasteiger partial charge on any atom is -0.467 e. The van der Waals surface area contributed by atoms with Crippen molar-refractivity contribution in [3.63, 3.8) is 0 Å². The van der Waals surface area contributed by atoms with Crippen molar-refractivity contribution < 1.29 is 14.0 Å². The predicted molar refractivity (Wildman–Crippen MR) is 132 cm³/mol. The average molecular weight is 460 g/mol. The number of unbranched alkanes of at least 4 members (excludes halogenated alkanes) is 4. The summed E-state index contributed by atoms with van der Waals surface area (Å²) in [4.78, 5) is 30.7. The number of hydrogen-bond donors (Lipinski definition) is 0. The van der Waals surface area contributed by atoms with E-state index in [0.29, 0.717) is 12.2 Å². The van der Waals surface area contributed by atoms with Crippen LogP contribution in [0.25, 0.3) is 5.69 Å². The molecule has 2 aliphatic rings. The predicted octanol–water partition coefficient (Wildman–Crippen LogP) is 5.86. The Morgan fingerprint density at radius 3 is 2.50 bits per heavy atom. The van der Waals surface area contributed by atoms with E-state index in [-0.39, 0.29) is 30.4 Å². The Kier molecular flexibility index (Phi) is 6.57. The number of para-hydroxylation sites is 2. The van der Waals surface area contributed by atoms with E-state index >= 15 is 0 Å². The standard InChI is InChI=1S/C28H33N3O3/c1-2-3-4-5-6-15-26(32)30(21-16-17-21)20-27(33)31-23-12-8-7-11-22(23)29-18-9-13-24(29)28(31)25-14-10-19-34-25/h7-14,18-19,21,28H,2-6,15-17,20H2,1H3. The number of benzene rings is 1. The highest BCUT2D eigenvalue weighted by Gasteiger charge is 2.40. The molecule has 1 atom stereocenters. The maximum absolute atomic E-state index is 13.9. The van der Waals surface area contributed by atoms with Gasteiger partial charge in [-0.3, -0.25) is 14.5 Å². The zero-order valence-electron chi connectivity index (χ0n) is 19.9. The lowest BCUT2D eigenvalue weighted by Gasteiger charge is -2.38. The van der Waals surface area contributed by atoms with E-state index in [0.717, 1.165) is 42.8 Å². The Morgan fingerprint density at radius 1 is 0.971 bits per heavy atom. The van der Waals surface area contributed by atoms with Gasteiger partial charge in [0.05, 0.1) is 23.3 Å². The number of aromatic nitrogens is 1. The van der Waals surface area contributed by atoms with Crippen LogP contribution in [-0.4, -0.2) is 33.9 Å². The lowest BCUT2D eigenvalue weighted by Crippen LogP contribution is -2.47. The van der Waals surface area contributed by atoms with Gasteiger partial charge in [0.1, 0.15) is 18.3 Å². The second-order valence-electron chi connectivity index (χ2n) is 9.39. The normalized spacial score (nSPS) is 16.7. The molecule has 1 saturated carbocycles. The van der Waals surface area contributed by atoms with Gasteiger partial charge in [-0.05, 0) is 55.7 Å². The second-order valence-corrected chi connectivity index (χ2v) is 9.39. The first kappa shape index (κ1) is 22.5. The van der Waals surface area contributed by atoms with Crippen molar-refractivity contribution in [3.8, 4) is 5.69 Å². The summed E-state index contributed by atoms with van der Waals surface area (Å²) in [6.07, 6.45) is 11.7.